The van der Waals surface area contributed by atoms with Gasteiger partial charge in [-0.05, 0) is 81.0 Å². The molecule has 7 nitrogen and oxygen atoms in total. The molecule has 1 aliphatic rings. The second kappa shape index (κ2) is 9.42. The van der Waals surface area contributed by atoms with Crippen molar-refractivity contribution in [3.8, 4) is 34.3 Å². The van der Waals surface area contributed by atoms with Gasteiger partial charge in [0.15, 0.2) is 0 Å². The maximum Gasteiger partial charge on any atom is 0.322 e. The van der Waals surface area contributed by atoms with Crippen LogP contribution in [0, 0.1) is 11.6 Å². The predicted octanol–water partition coefficient (Wildman–Crippen LogP) is 4.65. The highest BCUT2D eigenvalue weighted by Crippen LogP contribution is 2.35. The molecule has 2 aromatic heterocycles. The zero-order chi connectivity index (χ0) is 24.5. The second-order valence-electron chi connectivity index (χ2n) is 8.72. The van der Waals surface area contributed by atoms with Crippen LogP contribution in [0.15, 0.2) is 65.6 Å². The van der Waals surface area contributed by atoms with Gasteiger partial charge in [0.25, 0.3) is 5.56 Å². The molecular formula is C26H25F2N5O2. The van der Waals surface area contributed by atoms with Crippen molar-refractivity contribution in [1.29, 1.82) is 0 Å². The molecule has 9 heteroatoms. The van der Waals surface area contributed by atoms with E-state index >= 15 is 0 Å². The first-order valence-electron chi connectivity index (χ1n) is 11.4. The van der Waals surface area contributed by atoms with E-state index in [2.05, 4.69) is 21.9 Å². The minimum atomic E-state index is -0.376. The lowest BCUT2D eigenvalue weighted by molar-refractivity contribution is 0.203. The molecule has 0 N–H and O–H groups in total. The molecule has 0 atom stereocenters. The van der Waals surface area contributed by atoms with Crippen LogP contribution in [0.1, 0.15) is 18.9 Å². The minimum Gasteiger partial charge on any atom is -0.424 e. The topological polar surface area (TPSA) is 65.2 Å². The van der Waals surface area contributed by atoms with Crippen molar-refractivity contribution in [3.63, 3.8) is 0 Å². The molecule has 35 heavy (non-hydrogen) atoms. The maximum absolute atomic E-state index is 13.7. The molecule has 0 spiro atoms. The van der Waals surface area contributed by atoms with Gasteiger partial charge in [0.1, 0.15) is 17.4 Å². The molecule has 3 heterocycles. The summed E-state index contributed by atoms with van der Waals surface area (Å²) < 4.78 is 36.3. The number of aromatic nitrogens is 4. The van der Waals surface area contributed by atoms with Gasteiger partial charge in [0.2, 0.25) is 0 Å². The average molecular weight is 478 g/mol. The van der Waals surface area contributed by atoms with Crippen molar-refractivity contribution in [2.75, 3.05) is 20.1 Å². The number of piperidine rings is 1. The van der Waals surface area contributed by atoms with Crippen LogP contribution in [-0.4, -0.2) is 44.4 Å². The summed E-state index contributed by atoms with van der Waals surface area (Å²) in [7, 11) is 3.83. The first kappa shape index (κ1) is 22.9. The Hall–Kier alpha value is -3.85. The van der Waals surface area contributed by atoms with Crippen LogP contribution in [0.4, 0.5) is 8.78 Å². The molecule has 1 aliphatic heterocycles. The average Bonchev–Trinajstić information content (AvgIpc) is 3.12. The van der Waals surface area contributed by atoms with Gasteiger partial charge in [0.05, 0.1) is 23.0 Å². The summed E-state index contributed by atoms with van der Waals surface area (Å²) in [6.45, 7) is 1.82. The van der Waals surface area contributed by atoms with Gasteiger partial charge in [-0.2, -0.15) is 4.98 Å². The van der Waals surface area contributed by atoms with E-state index in [1.54, 1.807) is 36.1 Å². The van der Waals surface area contributed by atoms with E-state index in [0.29, 0.717) is 28.3 Å². The number of likely N-dealkylation sites (tertiary alicyclic amines) is 1. The second-order valence-corrected chi connectivity index (χ2v) is 8.72. The standard InChI is InChI=1S/C26H25F2N5O2/c1-31-15-12-20(13-16-31)33-24(23(25(34)32(33)2)17-3-5-18(27)6-4-17)22-11-14-29-26(30-22)35-21-9-7-19(28)8-10-21/h3-11,14,20H,12-13,15-16H2,1-2H3. The third kappa shape index (κ3) is 4.59. The van der Waals surface area contributed by atoms with E-state index in [-0.39, 0.29) is 29.2 Å². The lowest BCUT2D eigenvalue weighted by Gasteiger charge is -2.31. The molecule has 0 aliphatic carbocycles. The lowest BCUT2D eigenvalue weighted by atomic mass is 10.0. The fourth-order valence-corrected chi connectivity index (χ4v) is 4.54. The third-order valence-corrected chi connectivity index (χ3v) is 6.36. The summed E-state index contributed by atoms with van der Waals surface area (Å²) in [5.41, 5.74) is 1.99. The summed E-state index contributed by atoms with van der Waals surface area (Å²) in [6, 6.07) is 13.3. The minimum absolute atomic E-state index is 0.0744. The van der Waals surface area contributed by atoms with Crippen LogP contribution in [0.2, 0.25) is 0 Å². The summed E-state index contributed by atoms with van der Waals surface area (Å²) in [4.78, 5) is 24.6. The molecule has 1 fully saturated rings. The van der Waals surface area contributed by atoms with E-state index in [9.17, 15) is 13.6 Å². The van der Waals surface area contributed by atoms with E-state index in [0.717, 1.165) is 25.9 Å². The number of nitrogens with zero attached hydrogens (tertiary/aromatic N) is 5. The number of halogens is 2. The molecule has 0 bridgehead atoms. The van der Waals surface area contributed by atoms with Crippen molar-refractivity contribution in [3.05, 3.63) is 82.8 Å². The summed E-state index contributed by atoms with van der Waals surface area (Å²) in [6.07, 6.45) is 3.31. The summed E-state index contributed by atoms with van der Waals surface area (Å²) in [5.74, 6) is -0.357. The molecule has 2 aromatic carbocycles. The molecule has 0 amide bonds. The molecule has 0 radical (unpaired) electrons. The Balaban J connectivity index is 1.65. The fraction of sp³-hybridized carbons (Fsp3) is 0.269. The summed E-state index contributed by atoms with van der Waals surface area (Å²) in [5, 5.41) is 0. The van der Waals surface area contributed by atoms with Crippen LogP contribution < -0.4 is 10.3 Å². The van der Waals surface area contributed by atoms with Gasteiger partial charge in [-0.15, -0.1) is 0 Å². The smallest absolute Gasteiger partial charge is 0.322 e. The Kier molecular flexibility index (Phi) is 6.17. The van der Waals surface area contributed by atoms with Crippen LogP contribution in [0.5, 0.6) is 11.8 Å². The van der Waals surface area contributed by atoms with Crippen molar-refractivity contribution in [2.24, 2.45) is 7.05 Å². The van der Waals surface area contributed by atoms with Crippen LogP contribution in [-0.2, 0) is 7.05 Å². The lowest BCUT2D eigenvalue weighted by Crippen LogP contribution is -2.34. The molecule has 0 unspecified atom stereocenters. The van der Waals surface area contributed by atoms with Gasteiger partial charge in [-0.25, -0.2) is 13.8 Å². The van der Waals surface area contributed by atoms with E-state index in [4.69, 9.17) is 4.74 Å². The number of rotatable bonds is 5. The first-order chi connectivity index (χ1) is 16.9. The zero-order valence-electron chi connectivity index (χ0n) is 19.5. The number of benzene rings is 2. The molecule has 0 saturated carbocycles. The molecular weight excluding hydrogens is 452 g/mol. The number of ether oxygens (including phenoxy) is 1. The van der Waals surface area contributed by atoms with Crippen LogP contribution in [0.3, 0.4) is 0 Å². The Morgan fingerprint density at radius 1 is 0.914 bits per heavy atom. The Labute approximate surface area is 201 Å². The Morgan fingerprint density at radius 3 is 2.20 bits per heavy atom. The highest BCUT2D eigenvalue weighted by atomic mass is 19.1. The molecule has 1 saturated heterocycles. The SMILES string of the molecule is CN1CCC(n2c(-c3ccnc(Oc4ccc(F)cc4)n3)c(-c3ccc(F)cc3)c(=O)n2C)CC1. The maximum atomic E-state index is 13.7. The quantitative estimate of drug-likeness (QED) is 0.419. The van der Waals surface area contributed by atoms with Gasteiger partial charge < -0.3 is 9.64 Å². The van der Waals surface area contributed by atoms with Crippen molar-refractivity contribution in [2.45, 2.75) is 18.9 Å². The van der Waals surface area contributed by atoms with Crippen molar-refractivity contribution in [1.82, 2.24) is 24.2 Å². The Morgan fingerprint density at radius 2 is 1.54 bits per heavy atom. The fourth-order valence-electron chi connectivity index (χ4n) is 4.54. The third-order valence-electron chi connectivity index (χ3n) is 6.36. The first-order valence-corrected chi connectivity index (χ1v) is 11.4. The van der Waals surface area contributed by atoms with E-state index < -0.39 is 0 Å². The highest BCUT2D eigenvalue weighted by Gasteiger charge is 2.29. The normalized spacial score (nSPS) is 14.9. The number of hydrogen-bond acceptors (Lipinski definition) is 5. The molecule has 5 rings (SSSR count). The largest absolute Gasteiger partial charge is 0.424 e. The monoisotopic (exact) mass is 477 g/mol. The predicted molar refractivity (Wildman–Crippen MR) is 128 cm³/mol. The van der Waals surface area contributed by atoms with Gasteiger partial charge >= 0.3 is 6.01 Å². The van der Waals surface area contributed by atoms with Gasteiger partial charge in [-0.1, -0.05) is 12.1 Å². The molecule has 180 valence electrons. The van der Waals surface area contributed by atoms with Gasteiger partial charge in [0, 0.05) is 13.2 Å². The highest BCUT2D eigenvalue weighted by molar-refractivity contribution is 5.79. The van der Waals surface area contributed by atoms with Gasteiger partial charge in [-0.3, -0.25) is 14.2 Å². The van der Waals surface area contributed by atoms with Crippen LogP contribution in [0.25, 0.3) is 22.5 Å². The summed E-state index contributed by atoms with van der Waals surface area (Å²) >= 11 is 0. The molecule has 4 aromatic rings. The number of hydrogen-bond donors (Lipinski definition) is 0. The van der Waals surface area contributed by atoms with E-state index in [1.165, 1.54) is 36.4 Å². The van der Waals surface area contributed by atoms with Crippen LogP contribution >= 0.6 is 0 Å². The van der Waals surface area contributed by atoms with E-state index in [1.807, 2.05) is 4.68 Å². The van der Waals surface area contributed by atoms with Crippen molar-refractivity contribution < 1.29 is 13.5 Å². The van der Waals surface area contributed by atoms with Crippen molar-refractivity contribution >= 4 is 0 Å². The Bertz CT molecular complexity index is 1390. The zero-order valence-corrected chi connectivity index (χ0v) is 19.5.